The lowest BCUT2D eigenvalue weighted by molar-refractivity contribution is 0.341. The third-order valence-electron chi connectivity index (χ3n) is 5.20. The molecule has 0 fully saturated rings. The van der Waals surface area contributed by atoms with Crippen LogP contribution in [0.5, 0.6) is 5.75 Å². The molecule has 0 aliphatic carbocycles. The van der Waals surface area contributed by atoms with Crippen molar-refractivity contribution in [2.75, 3.05) is 12.4 Å². The van der Waals surface area contributed by atoms with E-state index in [0.29, 0.717) is 24.2 Å². The van der Waals surface area contributed by atoms with Gasteiger partial charge in [-0.15, -0.1) is 10.2 Å². The van der Waals surface area contributed by atoms with Crippen molar-refractivity contribution >= 4 is 17.4 Å². The average molecular weight is 436 g/mol. The fraction of sp³-hybridized carbons (Fsp3) is 0.304. The van der Waals surface area contributed by atoms with Crippen LogP contribution < -0.4 is 10.3 Å². The Morgan fingerprint density at radius 2 is 1.87 bits per heavy atom. The van der Waals surface area contributed by atoms with Crippen LogP contribution in [0, 0.1) is 20.8 Å². The van der Waals surface area contributed by atoms with E-state index in [1.165, 1.54) is 0 Å². The molecule has 7 nitrogen and oxygen atoms in total. The summed E-state index contributed by atoms with van der Waals surface area (Å²) in [6, 6.07) is 11.8. The fourth-order valence-corrected chi connectivity index (χ4v) is 4.13. The topological polar surface area (TPSA) is 74.3 Å². The summed E-state index contributed by atoms with van der Waals surface area (Å²) in [5.41, 5.74) is 4.08. The Morgan fingerprint density at radius 3 is 2.68 bits per heavy atom. The van der Waals surface area contributed by atoms with Crippen LogP contribution in [0.25, 0.3) is 5.65 Å². The first kappa shape index (κ1) is 21.1. The summed E-state index contributed by atoms with van der Waals surface area (Å²) < 4.78 is 9.39. The second-order valence-electron chi connectivity index (χ2n) is 7.51. The molecule has 0 unspecified atom stereocenters. The molecule has 0 bridgehead atoms. The van der Waals surface area contributed by atoms with E-state index in [1.54, 1.807) is 16.2 Å². The van der Waals surface area contributed by atoms with Crippen molar-refractivity contribution in [1.29, 1.82) is 0 Å². The Bertz CT molecular complexity index is 1300. The van der Waals surface area contributed by atoms with Gasteiger partial charge in [-0.3, -0.25) is 9.20 Å². The molecule has 0 spiro atoms. The lowest BCUT2D eigenvalue weighted by Gasteiger charge is -2.09. The third-order valence-corrected chi connectivity index (χ3v) is 6.18. The first-order valence-electron chi connectivity index (χ1n) is 10.1. The Morgan fingerprint density at radius 1 is 1.06 bits per heavy atom. The molecule has 0 amide bonds. The zero-order valence-corrected chi connectivity index (χ0v) is 18.9. The molecule has 4 aromatic rings. The maximum Gasteiger partial charge on any atom is 0.261 e. The van der Waals surface area contributed by atoms with Gasteiger partial charge in [-0.1, -0.05) is 36.0 Å². The van der Waals surface area contributed by atoms with Crippen molar-refractivity contribution in [3.05, 3.63) is 81.2 Å². The minimum absolute atomic E-state index is 0.0602. The summed E-state index contributed by atoms with van der Waals surface area (Å²) >= 11 is 1.58. The maximum atomic E-state index is 13.0. The van der Waals surface area contributed by atoms with E-state index in [0.717, 1.165) is 39.3 Å². The Kier molecular flexibility index (Phi) is 6.08. The Hall–Kier alpha value is -3.13. The van der Waals surface area contributed by atoms with Crippen LogP contribution in [0.4, 0.5) is 0 Å². The number of pyridine rings is 1. The number of nitrogens with zero attached hydrogens (tertiary/aromatic N) is 5. The zero-order chi connectivity index (χ0) is 22.0. The highest BCUT2D eigenvalue weighted by Gasteiger charge is 2.16. The second kappa shape index (κ2) is 8.93. The number of para-hydroxylation sites is 1. The highest BCUT2D eigenvalue weighted by Crippen LogP contribution is 2.20. The fourth-order valence-electron chi connectivity index (χ4n) is 3.38. The molecule has 0 aliphatic rings. The van der Waals surface area contributed by atoms with Gasteiger partial charge >= 0.3 is 0 Å². The number of benzene rings is 1. The molecule has 3 heterocycles. The van der Waals surface area contributed by atoms with Gasteiger partial charge in [0.1, 0.15) is 17.2 Å². The van der Waals surface area contributed by atoms with Crippen molar-refractivity contribution in [1.82, 2.24) is 24.1 Å². The summed E-state index contributed by atoms with van der Waals surface area (Å²) in [5.74, 6) is 2.38. The van der Waals surface area contributed by atoms with E-state index in [2.05, 4.69) is 15.2 Å². The molecule has 0 saturated carbocycles. The van der Waals surface area contributed by atoms with E-state index < -0.39 is 0 Å². The first-order valence-corrected chi connectivity index (χ1v) is 11.1. The molecule has 0 atom stereocenters. The summed E-state index contributed by atoms with van der Waals surface area (Å²) in [6.45, 7) is 6.43. The van der Waals surface area contributed by atoms with Crippen molar-refractivity contribution in [2.24, 2.45) is 7.05 Å². The normalized spacial score (nSPS) is 11.2. The number of aromatic nitrogens is 5. The smallest absolute Gasteiger partial charge is 0.261 e. The number of fused-ring (bicyclic) bond motifs is 1. The standard InChI is InChI=1S/C23H25N5O2S/c1-15-9-10-20-24-17(3)18(22(29)28(20)14-15)13-21-25-26-23(27(21)4)31-12-11-30-19-8-6-5-7-16(19)2/h5-10,14H,11-13H2,1-4H3. The molecule has 4 rings (SSSR count). The van der Waals surface area contributed by atoms with Gasteiger partial charge in [0, 0.05) is 36.7 Å². The van der Waals surface area contributed by atoms with Crippen LogP contribution in [0.3, 0.4) is 0 Å². The van der Waals surface area contributed by atoms with E-state index in [9.17, 15) is 4.79 Å². The molecule has 0 saturated heterocycles. The van der Waals surface area contributed by atoms with Gasteiger partial charge < -0.3 is 9.30 Å². The third kappa shape index (κ3) is 4.49. The molecule has 0 aliphatic heterocycles. The van der Waals surface area contributed by atoms with E-state index in [4.69, 9.17) is 4.74 Å². The van der Waals surface area contributed by atoms with Crippen molar-refractivity contribution in [3.63, 3.8) is 0 Å². The van der Waals surface area contributed by atoms with E-state index in [1.807, 2.05) is 75.0 Å². The SMILES string of the molecule is Cc1ccc2nc(C)c(Cc3nnc(SCCOc4ccccc4C)n3C)c(=O)n2c1. The highest BCUT2D eigenvalue weighted by molar-refractivity contribution is 7.99. The van der Waals surface area contributed by atoms with E-state index >= 15 is 0 Å². The summed E-state index contributed by atoms with van der Waals surface area (Å²) in [7, 11) is 1.92. The minimum Gasteiger partial charge on any atom is -0.492 e. The van der Waals surface area contributed by atoms with Gasteiger partial charge in [-0.05, 0) is 44.0 Å². The molecule has 8 heteroatoms. The van der Waals surface area contributed by atoms with Crippen molar-refractivity contribution in [2.45, 2.75) is 32.3 Å². The lowest BCUT2D eigenvalue weighted by atomic mass is 10.1. The number of hydrogen-bond acceptors (Lipinski definition) is 6. The monoisotopic (exact) mass is 435 g/mol. The van der Waals surface area contributed by atoms with Gasteiger partial charge in [0.05, 0.1) is 6.61 Å². The largest absolute Gasteiger partial charge is 0.492 e. The van der Waals surface area contributed by atoms with Gasteiger partial charge in [0.25, 0.3) is 5.56 Å². The average Bonchev–Trinajstić information content (AvgIpc) is 3.09. The molecule has 1 aromatic carbocycles. The second-order valence-corrected chi connectivity index (χ2v) is 8.57. The molecule has 160 valence electrons. The number of ether oxygens (including phenoxy) is 1. The molecule has 0 N–H and O–H groups in total. The predicted octanol–water partition coefficient (Wildman–Crippen LogP) is 3.51. The van der Waals surface area contributed by atoms with Crippen LogP contribution in [0.15, 0.2) is 52.5 Å². The number of hydrogen-bond donors (Lipinski definition) is 0. The predicted molar refractivity (Wildman–Crippen MR) is 122 cm³/mol. The maximum absolute atomic E-state index is 13.0. The minimum atomic E-state index is -0.0602. The number of rotatable bonds is 7. The summed E-state index contributed by atoms with van der Waals surface area (Å²) in [4.78, 5) is 17.6. The number of aryl methyl sites for hydroxylation is 3. The molecule has 31 heavy (non-hydrogen) atoms. The summed E-state index contributed by atoms with van der Waals surface area (Å²) in [5, 5.41) is 9.42. The highest BCUT2D eigenvalue weighted by atomic mass is 32.2. The zero-order valence-electron chi connectivity index (χ0n) is 18.1. The van der Waals surface area contributed by atoms with Crippen LogP contribution in [0.1, 0.15) is 28.2 Å². The molecular formula is C23H25N5O2S. The Balaban J connectivity index is 1.46. The molecule has 0 radical (unpaired) electrons. The first-order chi connectivity index (χ1) is 14.9. The van der Waals surface area contributed by atoms with Crippen LogP contribution in [-0.2, 0) is 13.5 Å². The number of thioether (sulfide) groups is 1. The molecular weight excluding hydrogens is 410 g/mol. The van der Waals surface area contributed by atoms with Crippen LogP contribution in [0.2, 0.25) is 0 Å². The van der Waals surface area contributed by atoms with Gasteiger partial charge in [0.15, 0.2) is 5.16 Å². The van der Waals surface area contributed by atoms with Crippen molar-refractivity contribution < 1.29 is 4.74 Å². The molecule has 3 aromatic heterocycles. The summed E-state index contributed by atoms with van der Waals surface area (Å²) in [6.07, 6.45) is 2.21. The van der Waals surface area contributed by atoms with Crippen LogP contribution in [-0.4, -0.2) is 36.5 Å². The quantitative estimate of drug-likeness (QED) is 0.327. The van der Waals surface area contributed by atoms with Gasteiger partial charge in [-0.25, -0.2) is 4.98 Å². The van der Waals surface area contributed by atoms with E-state index in [-0.39, 0.29) is 5.56 Å². The van der Waals surface area contributed by atoms with Crippen molar-refractivity contribution in [3.8, 4) is 5.75 Å². The van der Waals surface area contributed by atoms with Gasteiger partial charge in [0.2, 0.25) is 0 Å². The lowest BCUT2D eigenvalue weighted by Crippen LogP contribution is -2.22. The van der Waals surface area contributed by atoms with Crippen LogP contribution >= 0.6 is 11.8 Å². The van der Waals surface area contributed by atoms with Gasteiger partial charge in [-0.2, -0.15) is 0 Å². The Labute approximate surface area is 185 Å².